The van der Waals surface area contributed by atoms with Crippen LogP contribution in [0.25, 0.3) is 0 Å². The predicted molar refractivity (Wildman–Crippen MR) is 38.3 cm³/mol. The van der Waals surface area contributed by atoms with Crippen LogP contribution in [0.5, 0.6) is 0 Å². The lowest BCUT2D eigenvalue weighted by Crippen LogP contribution is -1.96. The molecule has 1 radical (unpaired) electrons. The Labute approximate surface area is 59.1 Å². The molecule has 1 aromatic heterocycles. The molecule has 0 atom stereocenters. The number of amides is 1. The number of nitrogens with one attached hydrogen (secondary N) is 1. The first-order valence-electron chi connectivity index (χ1n) is 2.90. The van der Waals surface area contributed by atoms with Crippen molar-refractivity contribution in [2.75, 3.05) is 5.32 Å². The van der Waals surface area contributed by atoms with Crippen molar-refractivity contribution in [2.24, 2.45) is 0 Å². The topological polar surface area (TPSA) is 42.0 Å². The van der Waals surface area contributed by atoms with E-state index in [4.69, 9.17) is 0 Å². The van der Waals surface area contributed by atoms with Crippen LogP contribution in [0.2, 0.25) is 0 Å². The lowest BCUT2D eigenvalue weighted by Gasteiger charge is -1.95. The zero-order valence-corrected chi connectivity index (χ0v) is 5.59. The van der Waals surface area contributed by atoms with Crippen molar-refractivity contribution in [3.63, 3.8) is 0 Å². The van der Waals surface area contributed by atoms with Gasteiger partial charge in [-0.2, -0.15) is 0 Å². The molecule has 0 aliphatic heterocycles. The predicted octanol–water partition coefficient (Wildman–Crippen LogP) is 0.869. The van der Waals surface area contributed by atoms with Crippen molar-refractivity contribution >= 4 is 12.2 Å². The summed E-state index contributed by atoms with van der Waals surface area (Å²) in [5.74, 6) is 0.537. The number of carbonyl (C=O) groups excluding carboxylic acids is 1. The van der Waals surface area contributed by atoms with Crippen LogP contribution in [0.4, 0.5) is 5.82 Å². The number of hydrogen-bond donors (Lipinski definition) is 1. The molecule has 0 unspecified atom stereocenters. The average molecular weight is 135 g/mol. The highest BCUT2D eigenvalue weighted by Crippen LogP contribution is 2.01. The van der Waals surface area contributed by atoms with Gasteiger partial charge in [-0.1, -0.05) is 6.07 Å². The molecule has 0 saturated carbocycles. The zero-order valence-electron chi connectivity index (χ0n) is 5.59. The molecule has 1 N–H and O–H groups in total. The van der Waals surface area contributed by atoms with Gasteiger partial charge in [0, 0.05) is 5.69 Å². The molecule has 10 heavy (non-hydrogen) atoms. The molecule has 0 spiro atoms. The van der Waals surface area contributed by atoms with E-state index in [1.807, 2.05) is 19.1 Å². The minimum absolute atomic E-state index is 0.537. The highest BCUT2D eigenvalue weighted by atomic mass is 16.1. The number of aromatic nitrogens is 1. The fraction of sp³-hybridized carbons (Fsp3) is 0.143. The van der Waals surface area contributed by atoms with Gasteiger partial charge in [-0.3, -0.25) is 4.79 Å². The molecular weight excluding hydrogens is 128 g/mol. The average Bonchev–Trinajstić information content (AvgIpc) is 1.88. The van der Waals surface area contributed by atoms with Gasteiger partial charge in [0.2, 0.25) is 0 Å². The molecule has 0 aliphatic rings. The first kappa shape index (κ1) is 6.74. The monoisotopic (exact) mass is 135 g/mol. The summed E-state index contributed by atoms with van der Waals surface area (Å²) < 4.78 is 0. The van der Waals surface area contributed by atoms with Crippen molar-refractivity contribution < 1.29 is 4.79 Å². The smallest absolute Gasteiger partial charge is 0.302 e. The number of nitrogens with zero attached hydrogens (tertiary/aromatic N) is 1. The third-order valence-electron chi connectivity index (χ3n) is 1.07. The van der Waals surface area contributed by atoms with E-state index in [2.05, 4.69) is 10.3 Å². The SMILES string of the molecule is Cc1cccc(N[C]=O)n1. The summed E-state index contributed by atoms with van der Waals surface area (Å²) in [7, 11) is 0. The fourth-order valence-corrected chi connectivity index (χ4v) is 0.665. The van der Waals surface area contributed by atoms with Crippen LogP contribution in [-0.2, 0) is 4.79 Å². The molecule has 0 saturated heterocycles. The molecule has 0 fully saturated rings. The largest absolute Gasteiger partial charge is 0.315 e. The van der Waals surface area contributed by atoms with Crippen LogP contribution in [0.3, 0.4) is 0 Å². The first-order chi connectivity index (χ1) is 4.83. The normalized spacial score (nSPS) is 8.90. The minimum Gasteiger partial charge on any atom is -0.302 e. The maximum atomic E-state index is 9.81. The molecule has 51 valence electrons. The standard InChI is InChI=1S/C7H7N2O/c1-6-3-2-4-7(9-6)8-5-10/h2-4H,1H3,(H,8,9,10). The molecule has 1 rings (SSSR count). The van der Waals surface area contributed by atoms with E-state index >= 15 is 0 Å². The second kappa shape index (κ2) is 2.96. The fourth-order valence-electron chi connectivity index (χ4n) is 0.665. The Bertz CT molecular complexity index is 235. The second-order valence-corrected chi connectivity index (χ2v) is 1.89. The molecule has 1 aromatic rings. The van der Waals surface area contributed by atoms with Gasteiger partial charge in [0.05, 0.1) is 0 Å². The maximum absolute atomic E-state index is 9.81. The highest BCUT2D eigenvalue weighted by molar-refractivity contribution is 5.69. The number of aryl methyl sites for hydroxylation is 1. The zero-order chi connectivity index (χ0) is 7.40. The first-order valence-corrected chi connectivity index (χ1v) is 2.90. The Kier molecular flexibility index (Phi) is 1.99. The van der Waals surface area contributed by atoms with Crippen LogP contribution < -0.4 is 5.32 Å². The summed E-state index contributed by atoms with van der Waals surface area (Å²) in [4.78, 5) is 13.8. The molecule has 0 aliphatic carbocycles. The van der Waals surface area contributed by atoms with Crippen LogP contribution in [-0.4, -0.2) is 11.4 Å². The Morgan fingerprint density at radius 3 is 3.00 bits per heavy atom. The summed E-state index contributed by atoms with van der Waals surface area (Å²) in [5, 5.41) is 2.33. The van der Waals surface area contributed by atoms with Gasteiger partial charge in [0.25, 0.3) is 0 Å². The molecule has 1 amide bonds. The van der Waals surface area contributed by atoms with Crippen molar-refractivity contribution in [1.29, 1.82) is 0 Å². The summed E-state index contributed by atoms with van der Waals surface area (Å²) in [6, 6.07) is 5.38. The van der Waals surface area contributed by atoms with Gasteiger partial charge < -0.3 is 5.32 Å². The van der Waals surface area contributed by atoms with Gasteiger partial charge >= 0.3 is 6.41 Å². The highest BCUT2D eigenvalue weighted by Gasteiger charge is 1.89. The minimum atomic E-state index is 0.537. The maximum Gasteiger partial charge on any atom is 0.315 e. The van der Waals surface area contributed by atoms with E-state index in [0.717, 1.165) is 5.69 Å². The number of pyridine rings is 1. The Hall–Kier alpha value is -1.38. The second-order valence-electron chi connectivity index (χ2n) is 1.89. The van der Waals surface area contributed by atoms with E-state index in [1.165, 1.54) is 0 Å². The Morgan fingerprint density at radius 1 is 1.60 bits per heavy atom. The summed E-state index contributed by atoms with van der Waals surface area (Å²) in [6.45, 7) is 1.86. The van der Waals surface area contributed by atoms with Crippen LogP contribution in [0.15, 0.2) is 18.2 Å². The van der Waals surface area contributed by atoms with Crippen molar-refractivity contribution in [3.05, 3.63) is 23.9 Å². The molecule has 1 heterocycles. The summed E-state index contributed by atoms with van der Waals surface area (Å²) >= 11 is 0. The molecule has 3 heteroatoms. The van der Waals surface area contributed by atoms with Gasteiger partial charge in [0.15, 0.2) is 0 Å². The van der Waals surface area contributed by atoms with Gasteiger partial charge in [-0.15, -0.1) is 0 Å². The lowest BCUT2D eigenvalue weighted by atomic mass is 10.4. The third-order valence-corrected chi connectivity index (χ3v) is 1.07. The summed E-state index contributed by atoms with van der Waals surface area (Å²) in [5.41, 5.74) is 0.875. The molecule has 0 bridgehead atoms. The quantitative estimate of drug-likeness (QED) is 0.611. The van der Waals surface area contributed by atoms with Crippen molar-refractivity contribution in [1.82, 2.24) is 4.98 Å². The number of rotatable bonds is 2. The third kappa shape index (κ3) is 1.55. The van der Waals surface area contributed by atoms with E-state index in [-0.39, 0.29) is 0 Å². The molecular formula is C7H7N2O. The Morgan fingerprint density at radius 2 is 2.40 bits per heavy atom. The number of anilines is 1. The van der Waals surface area contributed by atoms with E-state index in [1.54, 1.807) is 12.5 Å². The number of hydrogen-bond acceptors (Lipinski definition) is 2. The molecule has 3 nitrogen and oxygen atoms in total. The van der Waals surface area contributed by atoms with E-state index in [9.17, 15) is 4.79 Å². The summed E-state index contributed by atoms with van der Waals surface area (Å²) in [6.07, 6.45) is 1.55. The van der Waals surface area contributed by atoms with Crippen LogP contribution in [0, 0.1) is 6.92 Å². The van der Waals surface area contributed by atoms with Crippen molar-refractivity contribution in [2.45, 2.75) is 6.92 Å². The lowest BCUT2D eigenvalue weighted by molar-refractivity contribution is 0.561. The van der Waals surface area contributed by atoms with Gasteiger partial charge in [-0.25, -0.2) is 4.98 Å². The van der Waals surface area contributed by atoms with Gasteiger partial charge in [0.1, 0.15) is 5.82 Å². The van der Waals surface area contributed by atoms with Crippen LogP contribution in [0.1, 0.15) is 5.69 Å². The Balaban J connectivity index is 2.84. The van der Waals surface area contributed by atoms with Gasteiger partial charge in [-0.05, 0) is 19.1 Å². The van der Waals surface area contributed by atoms with E-state index < -0.39 is 0 Å². The van der Waals surface area contributed by atoms with E-state index in [0.29, 0.717) is 5.82 Å². The van der Waals surface area contributed by atoms with Crippen molar-refractivity contribution in [3.8, 4) is 0 Å². The molecule has 0 aromatic carbocycles. The van der Waals surface area contributed by atoms with Crippen LogP contribution >= 0.6 is 0 Å².